The van der Waals surface area contributed by atoms with E-state index in [0.29, 0.717) is 12.1 Å². The molecular formula is C15H22N2O4. The number of benzene rings is 1. The van der Waals surface area contributed by atoms with Gasteiger partial charge >= 0.3 is 5.97 Å². The first-order valence-electron chi connectivity index (χ1n) is 6.95. The average Bonchev–Trinajstić information content (AvgIpc) is 2.36. The molecule has 0 aliphatic rings. The Labute approximate surface area is 124 Å². The Hall–Kier alpha value is -1.95. The number of hydrogen-bond acceptors (Lipinski definition) is 4. The van der Waals surface area contributed by atoms with Crippen LogP contribution in [0.25, 0.3) is 0 Å². The second kappa shape index (κ2) is 7.17. The van der Waals surface area contributed by atoms with Gasteiger partial charge in [0.15, 0.2) is 0 Å². The Morgan fingerprint density at radius 1 is 1.33 bits per heavy atom. The number of carboxylic acids is 1. The quantitative estimate of drug-likeness (QED) is 0.617. The van der Waals surface area contributed by atoms with E-state index in [0.717, 1.165) is 5.56 Å². The fourth-order valence-electron chi connectivity index (χ4n) is 2.16. The third-order valence-corrected chi connectivity index (χ3v) is 3.37. The Balaban J connectivity index is 3.05. The molecule has 0 unspecified atom stereocenters. The normalized spacial score (nSPS) is 11.4. The molecule has 0 fully saturated rings. The van der Waals surface area contributed by atoms with Crippen LogP contribution in [0.4, 0.5) is 5.69 Å². The van der Waals surface area contributed by atoms with Gasteiger partial charge in [-0.1, -0.05) is 26.0 Å². The van der Waals surface area contributed by atoms with Crippen molar-refractivity contribution in [2.45, 2.75) is 46.2 Å². The van der Waals surface area contributed by atoms with Crippen LogP contribution in [0.2, 0.25) is 0 Å². The van der Waals surface area contributed by atoms with Crippen molar-refractivity contribution in [3.63, 3.8) is 0 Å². The number of nitrogens with zero attached hydrogens (tertiary/aromatic N) is 2. The van der Waals surface area contributed by atoms with Gasteiger partial charge in [-0.05, 0) is 25.3 Å². The molecular weight excluding hydrogens is 272 g/mol. The van der Waals surface area contributed by atoms with E-state index in [1.165, 1.54) is 0 Å². The van der Waals surface area contributed by atoms with Crippen LogP contribution in [-0.2, 0) is 11.3 Å². The van der Waals surface area contributed by atoms with Crippen molar-refractivity contribution in [2.75, 3.05) is 6.54 Å². The highest BCUT2D eigenvalue weighted by Gasteiger charge is 2.19. The Morgan fingerprint density at radius 3 is 2.38 bits per heavy atom. The van der Waals surface area contributed by atoms with E-state index in [1.54, 1.807) is 17.0 Å². The van der Waals surface area contributed by atoms with Gasteiger partial charge in [0, 0.05) is 24.2 Å². The Morgan fingerprint density at radius 2 is 1.95 bits per heavy atom. The predicted molar refractivity (Wildman–Crippen MR) is 80.4 cm³/mol. The minimum absolute atomic E-state index is 0.0462. The first-order chi connectivity index (χ1) is 9.72. The molecule has 6 heteroatoms. The zero-order valence-corrected chi connectivity index (χ0v) is 12.9. The molecule has 0 radical (unpaired) electrons. The molecule has 0 atom stereocenters. The predicted octanol–water partition coefficient (Wildman–Crippen LogP) is 3.01. The van der Waals surface area contributed by atoms with Crippen LogP contribution in [0.1, 0.15) is 44.7 Å². The molecule has 21 heavy (non-hydrogen) atoms. The van der Waals surface area contributed by atoms with Crippen LogP contribution in [0.5, 0.6) is 0 Å². The van der Waals surface area contributed by atoms with Crippen molar-refractivity contribution in [3.05, 3.63) is 39.4 Å². The monoisotopic (exact) mass is 294 g/mol. The standard InChI is InChI=1S/C15H22N2O4/c1-10(2)13-6-5-12(7-14(13)17(20)21)8-16(11(3)4)9-15(18)19/h5-7,10-11H,8-9H2,1-4H3,(H,18,19). The van der Waals surface area contributed by atoms with Crippen molar-refractivity contribution in [1.82, 2.24) is 4.90 Å². The highest BCUT2D eigenvalue weighted by molar-refractivity contribution is 5.69. The number of aliphatic carboxylic acids is 1. The number of nitro benzene ring substituents is 1. The van der Waals surface area contributed by atoms with E-state index in [9.17, 15) is 14.9 Å². The summed E-state index contributed by atoms with van der Waals surface area (Å²) < 4.78 is 0. The molecule has 1 rings (SSSR count). The SMILES string of the molecule is CC(C)c1ccc(CN(CC(=O)O)C(C)C)cc1[N+](=O)[O-]. The van der Waals surface area contributed by atoms with Crippen LogP contribution in [-0.4, -0.2) is 33.5 Å². The molecule has 1 aromatic rings. The maximum Gasteiger partial charge on any atom is 0.317 e. The number of rotatable bonds is 7. The van der Waals surface area contributed by atoms with Crippen LogP contribution in [0, 0.1) is 10.1 Å². The van der Waals surface area contributed by atoms with Gasteiger partial charge in [-0.2, -0.15) is 0 Å². The molecule has 0 aromatic heterocycles. The summed E-state index contributed by atoms with van der Waals surface area (Å²) >= 11 is 0. The largest absolute Gasteiger partial charge is 0.480 e. The van der Waals surface area contributed by atoms with Crippen molar-refractivity contribution < 1.29 is 14.8 Å². The molecule has 0 amide bonds. The van der Waals surface area contributed by atoms with Crippen molar-refractivity contribution in [3.8, 4) is 0 Å². The van der Waals surface area contributed by atoms with Gasteiger partial charge in [0.2, 0.25) is 0 Å². The molecule has 0 saturated heterocycles. The summed E-state index contributed by atoms with van der Waals surface area (Å²) in [5, 5.41) is 20.1. The summed E-state index contributed by atoms with van der Waals surface area (Å²) in [6.45, 7) is 7.92. The van der Waals surface area contributed by atoms with E-state index >= 15 is 0 Å². The average molecular weight is 294 g/mol. The summed E-state index contributed by atoms with van der Waals surface area (Å²) in [6, 6.07) is 5.19. The van der Waals surface area contributed by atoms with Crippen LogP contribution in [0.15, 0.2) is 18.2 Å². The molecule has 6 nitrogen and oxygen atoms in total. The molecule has 1 N–H and O–H groups in total. The maximum absolute atomic E-state index is 11.2. The van der Waals surface area contributed by atoms with Gasteiger partial charge in [0.05, 0.1) is 11.5 Å². The van der Waals surface area contributed by atoms with Gasteiger partial charge in [-0.25, -0.2) is 0 Å². The van der Waals surface area contributed by atoms with Gasteiger partial charge in [0.1, 0.15) is 0 Å². The lowest BCUT2D eigenvalue weighted by molar-refractivity contribution is -0.385. The zero-order valence-electron chi connectivity index (χ0n) is 12.9. The van der Waals surface area contributed by atoms with Crippen LogP contribution in [0.3, 0.4) is 0 Å². The van der Waals surface area contributed by atoms with E-state index in [2.05, 4.69) is 0 Å². The first-order valence-corrected chi connectivity index (χ1v) is 6.95. The lowest BCUT2D eigenvalue weighted by Gasteiger charge is -2.24. The minimum atomic E-state index is -0.906. The molecule has 0 aliphatic heterocycles. The number of nitro groups is 1. The topological polar surface area (TPSA) is 83.7 Å². The first kappa shape index (κ1) is 17.1. The van der Waals surface area contributed by atoms with E-state index < -0.39 is 5.97 Å². The minimum Gasteiger partial charge on any atom is -0.480 e. The van der Waals surface area contributed by atoms with Crippen LogP contribution >= 0.6 is 0 Å². The smallest absolute Gasteiger partial charge is 0.317 e. The lowest BCUT2D eigenvalue weighted by Crippen LogP contribution is -2.35. The van der Waals surface area contributed by atoms with Gasteiger partial charge < -0.3 is 5.11 Å². The molecule has 0 saturated carbocycles. The summed E-state index contributed by atoms with van der Waals surface area (Å²) in [7, 11) is 0. The molecule has 0 spiro atoms. The highest BCUT2D eigenvalue weighted by atomic mass is 16.6. The maximum atomic E-state index is 11.2. The van der Waals surface area contributed by atoms with Gasteiger partial charge in [-0.3, -0.25) is 19.8 Å². The van der Waals surface area contributed by atoms with Gasteiger partial charge in [-0.15, -0.1) is 0 Å². The van der Waals surface area contributed by atoms with E-state index in [4.69, 9.17) is 5.11 Å². The number of carboxylic acid groups (broad SMARTS) is 1. The summed E-state index contributed by atoms with van der Waals surface area (Å²) in [5.74, 6) is -0.836. The Kier molecular flexibility index (Phi) is 5.84. The zero-order chi connectivity index (χ0) is 16.2. The van der Waals surface area contributed by atoms with E-state index in [1.807, 2.05) is 33.8 Å². The summed E-state index contributed by atoms with van der Waals surface area (Å²) in [5.41, 5.74) is 1.54. The third kappa shape index (κ3) is 4.82. The fraction of sp³-hybridized carbons (Fsp3) is 0.533. The summed E-state index contributed by atoms with van der Waals surface area (Å²) in [6.07, 6.45) is 0. The van der Waals surface area contributed by atoms with Gasteiger partial charge in [0.25, 0.3) is 5.69 Å². The van der Waals surface area contributed by atoms with Crippen molar-refractivity contribution >= 4 is 11.7 Å². The summed E-state index contributed by atoms with van der Waals surface area (Å²) in [4.78, 5) is 23.4. The second-order valence-electron chi connectivity index (χ2n) is 5.70. The second-order valence-corrected chi connectivity index (χ2v) is 5.70. The fourth-order valence-corrected chi connectivity index (χ4v) is 2.16. The lowest BCUT2D eigenvalue weighted by atomic mass is 9.99. The van der Waals surface area contributed by atoms with E-state index in [-0.39, 0.29) is 29.1 Å². The van der Waals surface area contributed by atoms with Crippen LogP contribution < -0.4 is 0 Å². The van der Waals surface area contributed by atoms with Crippen molar-refractivity contribution in [1.29, 1.82) is 0 Å². The highest BCUT2D eigenvalue weighted by Crippen LogP contribution is 2.27. The number of carbonyl (C=O) groups is 1. The molecule has 0 aliphatic carbocycles. The number of hydrogen-bond donors (Lipinski definition) is 1. The molecule has 1 aromatic carbocycles. The Bertz CT molecular complexity index is 526. The molecule has 0 bridgehead atoms. The van der Waals surface area contributed by atoms with Crippen molar-refractivity contribution in [2.24, 2.45) is 0 Å². The third-order valence-electron chi connectivity index (χ3n) is 3.37. The molecule has 0 heterocycles. The molecule has 116 valence electrons.